The summed E-state index contributed by atoms with van der Waals surface area (Å²) in [7, 11) is 0. The number of fused-ring (bicyclic) bond motifs is 1. The Labute approximate surface area is 212 Å². The van der Waals surface area contributed by atoms with E-state index in [-0.39, 0.29) is 23.3 Å². The Kier molecular flexibility index (Phi) is 5.94. The smallest absolute Gasteiger partial charge is 0.338 e. The van der Waals surface area contributed by atoms with Crippen molar-refractivity contribution in [1.82, 2.24) is 4.90 Å². The molecule has 186 valence electrons. The van der Waals surface area contributed by atoms with Crippen molar-refractivity contribution in [3.8, 4) is 0 Å². The maximum absolute atomic E-state index is 13.7. The number of esters is 1. The lowest BCUT2D eigenvalue weighted by Crippen LogP contribution is -2.51. The predicted octanol–water partition coefficient (Wildman–Crippen LogP) is 5.53. The van der Waals surface area contributed by atoms with Crippen LogP contribution in [0, 0.1) is 23.2 Å². The zero-order chi connectivity index (χ0) is 24.2. The van der Waals surface area contributed by atoms with E-state index in [0.717, 1.165) is 77.9 Å². The highest BCUT2D eigenvalue weighted by atomic mass is 32.2. The van der Waals surface area contributed by atoms with Crippen LogP contribution < -0.4 is 5.32 Å². The second-order valence-electron chi connectivity index (χ2n) is 11.2. The average Bonchev–Trinajstić information content (AvgIpc) is 2.82. The lowest BCUT2D eigenvalue weighted by Gasteiger charge is -2.55. The summed E-state index contributed by atoms with van der Waals surface area (Å²) in [4.78, 5) is 33.7. The molecule has 35 heavy (non-hydrogen) atoms. The van der Waals surface area contributed by atoms with Crippen molar-refractivity contribution in [3.63, 3.8) is 0 Å². The van der Waals surface area contributed by atoms with Gasteiger partial charge in [-0.25, -0.2) is 9.79 Å². The number of hydrogen-bond donors (Lipinski definition) is 1. The number of thioether (sulfide) groups is 1. The molecule has 6 aliphatic rings. The van der Waals surface area contributed by atoms with Gasteiger partial charge in [-0.1, -0.05) is 23.9 Å². The zero-order valence-corrected chi connectivity index (χ0v) is 21.5. The molecule has 6 nitrogen and oxygen atoms in total. The molecule has 4 saturated carbocycles. The first-order valence-corrected chi connectivity index (χ1v) is 14.2. The van der Waals surface area contributed by atoms with E-state index in [9.17, 15) is 9.59 Å². The van der Waals surface area contributed by atoms with E-state index < -0.39 is 0 Å². The van der Waals surface area contributed by atoms with Gasteiger partial charge in [0.05, 0.1) is 29.3 Å². The standard InChI is InChI=1S/C28H35N3O3S/c1-3-34-25(32)23-17(2)29-27-31(8-5-9-35-27)24(23)21-6-4-7-22(13-21)30-26(33)28-14-18-10-19(15-28)12-20(11-18)16-28/h4,6-7,13,18-20,24H,3,5,8-12,14-16H2,1-2H3,(H,30,33)/t18?,19?,20?,24-,28?/m1/s1. The molecule has 2 heterocycles. The van der Waals surface area contributed by atoms with E-state index in [0.29, 0.717) is 12.2 Å². The first-order valence-electron chi connectivity index (χ1n) is 13.2. The molecular formula is C28H35N3O3S. The van der Waals surface area contributed by atoms with Gasteiger partial charge in [0, 0.05) is 18.0 Å². The first kappa shape index (κ1) is 23.1. The molecule has 4 aliphatic carbocycles. The Morgan fingerprint density at radius 3 is 2.57 bits per heavy atom. The summed E-state index contributed by atoms with van der Waals surface area (Å²) in [6, 6.07) is 7.82. The molecule has 7 heteroatoms. The Balaban J connectivity index is 1.29. The van der Waals surface area contributed by atoms with Crippen LogP contribution in [-0.2, 0) is 14.3 Å². The molecule has 1 aromatic rings. The van der Waals surface area contributed by atoms with Crippen molar-refractivity contribution in [3.05, 3.63) is 41.1 Å². The Morgan fingerprint density at radius 2 is 1.89 bits per heavy atom. The van der Waals surface area contributed by atoms with Crippen molar-refractivity contribution in [2.45, 2.75) is 64.8 Å². The second kappa shape index (κ2) is 8.99. The molecule has 0 unspecified atom stereocenters. The van der Waals surface area contributed by atoms with E-state index in [1.165, 1.54) is 19.3 Å². The molecule has 0 spiro atoms. The maximum atomic E-state index is 13.7. The molecule has 1 aromatic carbocycles. The van der Waals surface area contributed by atoms with Crippen molar-refractivity contribution in [2.75, 3.05) is 24.2 Å². The van der Waals surface area contributed by atoms with E-state index in [1.54, 1.807) is 11.8 Å². The quantitative estimate of drug-likeness (QED) is 0.546. The van der Waals surface area contributed by atoms with Gasteiger partial charge >= 0.3 is 5.97 Å². The van der Waals surface area contributed by atoms with Gasteiger partial charge in [0.25, 0.3) is 0 Å². The van der Waals surface area contributed by atoms with Crippen LogP contribution >= 0.6 is 11.8 Å². The van der Waals surface area contributed by atoms with Crippen molar-refractivity contribution in [1.29, 1.82) is 0 Å². The number of aliphatic imine (C=N–C) groups is 1. The molecule has 1 saturated heterocycles. The fraction of sp³-hybridized carbons (Fsp3) is 0.607. The highest BCUT2D eigenvalue weighted by molar-refractivity contribution is 8.13. The molecular weight excluding hydrogens is 458 g/mol. The summed E-state index contributed by atoms with van der Waals surface area (Å²) in [5.74, 6) is 3.12. The summed E-state index contributed by atoms with van der Waals surface area (Å²) < 4.78 is 5.45. The van der Waals surface area contributed by atoms with Gasteiger partial charge in [-0.2, -0.15) is 0 Å². The third-order valence-corrected chi connectivity index (χ3v) is 9.81. The Hall–Kier alpha value is -2.28. The third kappa shape index (κ3) is 4.09. The summed E-state index contributed by atoms with van der Waals surface area (Å²) in [6.45, 7) is 4.90. The van der Waals surface area contributed by atoms with Crippen LogP contribution in [0.25, 0.3) is 0 Å². The number of carbonyl (C=O) groups is 2. The van der Waals surface area contributed by atoms with Crippen LogP contribution in [0.4, 0.5) is 5.69 Å². The molecule has 2 aliphatic heterocycles. The van der Waals surface area contributed by atoms with Crippen LogP contribution in [0.3, 0.4) is 0 Å². The minimum atomic E-state index is -0.309. The molecule has 7 rings (SSSR count). The number of benzene rings is 1. The number of nitrogens with zero attached hydrogens (tertiary/aromatic N) is 2. The number of anilines is 1. The van der Waals surface area contributed by atoms with Crippen molar-refractivity contribution >= 4 is 34.5 Å². The predicted molar refractivity (Wildman–Crippen MR) is 139 cm³/mol. The number of carbonyl (C=O) groups excluding carboxylic acids is 2. The second-order valence-corrected chi connectivity index (χ2v) is 12.3. The minimum Gasteiger partial charge on any atom is -0.463 e. The van der Waals surface area contributed by atoms with Gasteiger partial charge in [0.15, 0.2) is 5.17 Å². The summed E-state index contributed by atoms with van der Waals surface area (Å²) in [5.41, 5.74) is 2.94. The normalized spacial score (nSPS) is 33.3. The van der Waals surface area contributed by atoms with Gasteiger partial charge in [-0.15, -0.1) is 0 Å². The molecule has 1 amide bonds. The maximum Gasteiger partial charge on any atom is 0.338 e. The number of amidine groups is 1. The lowest BCUT2D eigenvalue weighted by atomic mass is 9.49. The number of allylic oxidation sites excluding steroid dienone is 1. The van der Waals surface area contributed by atoms with E-state index in [2.05, 4.69) is 22.3 Å². The topological polar surface area (TPSA) is 71.0 Å². The molecule has 4 bridgehead atoms. The van der Waals surface area contributed by atoms with Crippen LogP contribution in [-0.4, -0.2) is 40.8 Å². The molecule has 1 N–H and O–H groups in total. The Bertz CT molecular complexity index is 1080. The van der Waals surface area contributed by atoms with Gasteiger partial charge in [0.2, 0.25) is 5.91 Å². The minimum absolute atomic E-state index is 0.189. The van der Waals surface area contributed by atoms with Crippen LogP contribution in [0.2, 0.25) is 0 Å². The number of nitrogens with one attached hydrogen (secondary N) is 1. The van der Waals surface area contributed by atoms with E-state index >= 15 is 0 Å². The zero-order valence-electron chi connectivity index (χ0n) is 20.7. The fourth-order valence-electron chi connectivity index (χ4n) is 7.72. The number of ether oxygens (including phenoxy) is 1. The van der Waals surface area contributed by atoms with Gasteiger partial charge in [-0.05, 0) is 94.2 Å². The highest BCUT2D eigenvalue weighted by Gasteiger charge is 2.54. The van der Waals surface area contributed by atoms with E-state index in [1.807, 2.05) is 26.0 Å². The van der Waals surface area contributed by atoms with Crippen molar-refractivity contribution in [2.24, 2.45) is 28.2 Å². The summed E-state index contributed by atoms with van der Waals surface area (Å²) in [5, 5.41) is 4.27. The van der Waals surface area contributed by atoms with Gasteiger partial charge in [0.1, 0.15) is 0 Å². The average molecular weight is 494 g/mol. The monoisotopic (exact) mass is 493 g/mol. The van der Waals surface area contributed by atoms with Crippen molar-refractivity contribution < 1.29 is 14.3 Å². The first-order chi connectivity index (χ1) is 17.0. The van der Waals surface area contributed by atoms with Gasteiger partial charge in [-0.3, -0.25) is 4.79 Å². The molecule has 0 aromatic heterocycles. The lowest BCUT2D eigenvalue weighted by molar-refractivity contribution is -0.140. The van der Waals surface area contributed by atoms with Crippen LogP contribution in [0.5, 0.6) is 0 Å². The number of rotatable bonds is 5. The van der Waals surface area contributed by atoms with Crippen LogP contribution in [0.1, 0.15) is 70.4 Å². The molecule has 5 fully saturated rings. The Morgan fingerprint density at radius 1 is 1.17 bits per heavy atom. The third-order valence-electron chi connectivity index (χ3n) is 8.73. The fourth-order valence-corrected chi connectivity index (χ4v) is 8.74. The molecule has 0 radical (unpaired) electrons. The number of hydrogen-bond acceptors (Lipinski definition) is 6. The molecule has 1 atom stereocenters. The summed E-state index contributed by atoms with van der Waals surface area (Å²) >= 11 is 1.74. The highest BCUT2D eigenvalue weighted by Crippen LogP contribution is 2.60. The van der Waals surface area contributed by atoms with Crippen LogP contribution in [0.15, 0.2) is 40.5 Å². The SMILES string of the molecule is CCOC(=O)C1=C(C)N=C2SCCCN2[C@@H]1c1cccc(NC(=O)C23CC4CC(CC(C4)C2)C3)c1. The number of amides is 1. The summed E-state index contributed by atoms with van der Waals surface area (Å²) in [6.07, 6.45) is 8.15. The largest absolute Gasteiger partial charge is 0.463 e. The van der Waals surface area contributed by atoms with Gasteiger partial charge < -0.3 is 15.0 Å². The van der Waals surface area contributed by atoms with E-state index in [4.69, 9.17) is 9.73 Å².